The van der Waals surface area contributed by atoms with Crippen LogP contribution in [0.3, 0.4) is 0 Å². The van der Waals surface area contributed by atoms with Gasteiger partial charge in [-0.05, 0) is 20.1 Å². The van der Waals surface area contributed by atoms with E-state index < -0.39 is 0 Å². The maximum absolute atomic E-state index is 3.38. The molecule has 0 bridgehead atoms. The van der Waals surface area contributed by atoms with Crippen LogP contribution in [0.1, 0.15) is 13.8 Å². The first kappa shape index (κ1) is 10.0. The molecule has 1 unspecified atom stereocenters. The fourth-order valence-electron chi connectivity index (χ4n) is 0.696. The van der Waals surface area contributed by atoms with Crippen molar-refractivity contribution in [2.75, 3.05) is 18.6 Å². The second-order valence-electron chi connectivity index (χ2n) is 2.33. The van der Waals surface area contributed by atoms with Gasteiger partial charge in [0.25, 0.3) is 0 Å². The SMILES string of the molecule is C/C=C/CNC(C)CSC. The van der Waals surface area contributed by atoms with Crippen LogP contribution in [0.2, 0.25) is 0 Å². The molecule has 0 saturated heterocycles. The fraction of sp³-hybridized carbons (Fsp3) is 0.750. The van der Waals surface area contributed by atoms with E-state index in [1.165, 1.54) is 5.75 Å². The van der Waals surface area contributed by atoms with Gasteiger partial charge in [-0.3, -0.25) is 0 Å². The Balaban J connectivity index is 3.12. The first-order valence-electron chi connectivity index (χ1n) is 3.64. The van der Waals surface area contributed by atoms with E-state index in [-0.39, 0.29) is 0 Å². The summed E-state index contributed by atoms with van der Waals surface area (Å²) in [6.45, 7) is 5.25. The summed E-state index contributed by atoms with van der Waals surface area (Å²) in [6, 6.07) is 0.631. The third-order valence-electron chi connectivity index (χ3n) is 1.24. The van der Waals surface area contributed by atoms with Crippen LogP contribution in [0.25, 0.3) is 0 Å². The normalized spacial score (nSPS) is 14.3. The van der Waals surface area contributed by atoms with E-state index in [1.54, 1.807) is 0 Å². The summed E-state index contributed by atoms with van der Waals surface area (Å²) < 4.78 is 0. The minimum atomic E-state index is 0.631. The van der Waals surface area contributed by atoms with Crippen LogP contribution >= 0.6 is 11.8 Å². The molecule has 0 aliphatic rings. The van der Waals surface area contributed by atoms with Crippen molar-refractivity contribution in [2.24, 2.45) is 0 Å². The zero-order chi connectivity index (χ0) is 7.82. The minimum Gasteiger partial charge on any atom is -0.310 e. The maximum Gasteiger partial charge on any atom is 0.0137 e. The van der Waals surface area contributed by atoms with Crippen molar-refractivity contribution in [1.82, 2.24) is 5.32 Å². The molecule has 2 heteroatoms. The molecule has 0 rings (SSSR count). The lowest BCUT2D eigenvalue weighted by molar-refractivity contribution is 0.641. The lowest BCUT2D eigenvalue weighted by Gasteiger charge is -2.09. The number of hydrogen-bond donors (Lipinski definition) is 1. The zero-order valence-electron chi connectivity index (χ0n) is 7.05. The number of hydrogen-bond acceptors (Lipinski definition) is 2. The molecule has 1 N–H and O–H groups in total. The molecule has 0 radical (unpaired) electrons. The van der Waals surface area contributed by atoms with Crippen LogP contribution < -0.4 is 5.32 Å². The van der Waals surface area contributed by atoms with Gasteiger partial charge in [-0.1, -0.05) is 12.2 Å². The number of allylic oxidation sites excluding steroid dienone is 1. The van der Waals surface area contributed by atoms with E-state index in [4.69, 9.17) is 0 Å². The lowest BCUT2D eigenvalue weighted by Crippen LogP contribution is -2.27. The van der Waals surface area contributed by atoms with Gasteiger partial charge >= 0.3 is 0 Å². The molecule has 1 nitrogen and oxygen atoms in total. The number of rotatable bonds is 5. The summed E-state index contributed by atoms with van der Waals surface area (Å²) in [7, 11) is 0. The Kier molecular flexibility index (Phi) is 7.20. The van der Waals surface area contributed by atoms with Crippen molar-refractivity contribution in [3.8, 4) is 0 Å². The van der Waals surface area contributed by atoms with E-state index in [0.717, 1.165) is 6.54 Å². The van der Waals surface area contributed by atoms with Crippen LogP contribution in [0.15, 0.2) is 12.2 Å². The van der Waals surface area contributed by atoms with E-state index >= 15 is 0 Å². The predicted molar refractivity (Wildman–Crippen MR) is 50.7 cm³/mol. The molecular formula is C8H17NS. The summed E-state index contributed by atoms with van der Waals surface area (Å²) >= 11 is 1.88. The van der Waals surface area contributed by atoms with Crippen molar-refractivity contribution in [2.45, 2.75) is 19.9 Å². The molecule has 0 fully saturated rings. The van der Waals surface area contributed by atoms with Gasteiger partial charge in [0.2, 0.25) is 0 Å². The van der Waals surface area contributed by atoms with Crippen LogP contribution in [0.4, 0.5) is 0 Å². The smallest absolute Gasteiger partial charge is 0.0137 e. The number of thioether (sulfide) groups is 1. The largest absolute Gasteiger partial charge is 0.310 e. The highest BCUT2D eigenvalue weighted by molar-refractivity contribution is 7.98. The van der Waals surface area contributed by atoms with Crippen molar-refractivity contribution in [3.05, 3.63) is 12.2 Å². The molecular weight excluding hydrogens is 142 g/mol. The van der Waals surface area contributed by atoms with E-state index in [0.29, 0.717) is 6.04 Å². The van der Waals surface area contributed by atoms with Crippen LogP contribution in [0.5, 0.6) is 0 Å². The number of nitrogens with one attached hydrogen (secondary N) is 1. The molecule has 0 aromatic rings. The maximum atomic E-state index is 3.38. The molecule has 0 saturated carbocycles. The Morgan fingerprint density at radius 1 is 1.60 bits per heavy atom. The molecule has 60 valence electrons. The monoisotopic (exact) mass is 159 g/mol. The summed E-state index contributed by atoms with van der Waals surface area (Å²) in [4.78, 5) is 0. The standard InChI is InChI=1S/C8H17NS/c1-4-5-6-9-8(2)7-10-3/h4-5,8-9H,6-7H2,1-3H3/b5-4+. The van der Waals surface area contributed by atoms with Crippen molar-refractivity contribution in [3.63, 3.8) is 0 Å². The van der Waals surface area contributed by atoms with Crippen LogP contribution in [0, 0.1) is 0 Å². The molecule has 1 atom stereocenters. The predicted octanol–water partition coefficient (Wildman–Crippen LogP) is 1.90. The zero-order valence-corrected chi connectivity index (χ0v) is 7.87. The van der Waals surface area contributed by atoms with Crippen molar-refractivity contribution in [1.29, 1.82) is 0 Å². The molecule has 10 heavy (non-hydrogen) atoms. The summed E-state index contributed by atoms with van der Waals surface area (Å²) in [5.74, 6) is 1.19. The van der Waals surface area contributed by atoms with Gasteiger partial charge in [0, 0.05) is 18.3 Å². The van der Waals surface area contributed by atoms with E-state index in [1.807, 2.05) is 18.7 Å². The van der Waals surface area contributed by atoms with Gasteiger partial charge in [-0.2, -0.15) is 11.8 Å². The average Bonchev–Trinajstić information content (AvgIpc) is 1.89. The summed E-state index contributed by atoms with van der Waals surface area (Å²) in [5.41, 5.74) is 0. The molecule has 0 amide bonds. The van der Waals surface area contributed by atoms with Gasteiger partial charge in [0.15, 0.2) is 0 Å². The van der Waals surface area contributed by atoms with Crippen molar-refractivity contribution < 1.29 is 0 Å². The van der Waals surface area contributed by atoms with Crippen molar-refractivity contribution >= 4 is 11.8 Å². The van der Waals surface area contributed by atoms with Gasteiger partial charge in [-0.15, -0.1) is 0 Å². The highest BCUT2D eigenvalue weighted by atomic mass is 32.2. The Hall–Kier alpha value is 0.0500. The Labute approximate surface area is 68.3 Å². The summed E-state index contributed by atoms with van der Waals surface area (Å²) in [6.07, 6.45) is 6.34. The first-order valence-corrected chi connectivity index (χ1v) is 5.04. The van der Waals surface area contributed by atoms with Gasteiger partial charge in [0.1, 0.15) is 0 Å². The summed E-state index contributed by atoms with van der Waals surface area (Å²) in [5, 5.41) is 3.38. The third-order valence-corrected chi connectivity index (χ3v) is 2.07. The highest BCUT2D eigenvalue weighted by Crippen LogP contribution is 1.94. The van der Waals surface area contributed by atoms with E-state index in [2.05, 4.69) is 30.6 Å². The Morgan fingerprint density at radius 2 is 2.30 bits per heavy atom. The van der Waals surface area contributed by atoms with Crippen LogP contribution in [-0.2, 0) is 0 Å². The van der Waals surface area contributed by atoms with Gasteiger partial charge in [0.05, 0.1) is 0 Å². The fourth-order valence-corrected chi connectivity index (χ4v) is 1.31. The molecule has 0 spiro atoms. The molecule has 0 heterocycles. The second-order valence-corrected chi connectivity index (χ2v) is 3.24. The first-order chi connectivity index (χ1) is 4.81. The third kappa shape index (κ3) is 6.17. The van der Waals surface area contributed by atoms with Gasteiger partial charge < -0.3 is 5.32 Å². The quantitative estimate of drug-likeness (QED) is 0.615. The van der Waals surface area contributed by atoms with E-state index in [9.17, 15) is 0 Å². The topological polar surface area (TPSA) is 12.0 Å². The second kappa shape index (κ2) is 7.16. The Morgan fingerprint density at radius 3 is 2.80 bits per heavy atom. The van der Waals surface area contributed by atoms with Crippen LogP contribution in [-0.4, -0.2) is 24.6 Å². The molecule has 0 aromatic heterocycles. The average molecular weight is 159 g/mol. The molecule has 0 aliphatic carbocycles. The minimum absolute atomic E-state index is 0.631. The lowest BCUT2D eigenvalue weighted by atomic mass is 10.4. The van der Waals surface area contributed by atoms with Gasteiger partial charge in [-0.25, -0.2) is 0 Å². The Bertz CT molecular complexity index is 91.3. The molecule has 0 aliphatic heterocycles. The highest BCUT2D eigenvalue weighted by Gasteiger charge is 1.95. The molecule has 0 aromatic carbocycles.